The summed E-state index contributed by atoms with van der Waals surface area (Å²) in [6.07, 6.45) is -12.5. The Balaban J connectivity index is 0.000000235. The van der Waals surface area contributed by atoms with E-state index in [1.54, 1.807) is 28.2 Å². The number of aliphatic hydroxyl groups is 1. The molecule has 22 heteroatoms. The Morgan fingerprint density at radius 1 is 0.345 bits per heavy atom. The first-order chi connectivity index (χ1) is 58.0. The fourth-order valence-electron chi connectivity index (χ4n) is 13.8. The van der Waals surface area contributed by atoms with Gasteiger partial charge in [0.05, 0.1) is 91.8 Å². The van der Waals surface area contributed by atoms with Crippen molar-refractivity contribution < 1.29 is 95.3 Å². The van der Waals surface area contributed by atoms with Crippen molar-refractivity contribution in [2.75, 3.05) is 54.6 Å². The minimum atomic E-state index is -1.16. The molecule has 2 heterocycles. The van der Waals surface area contributed by atoms with E-state index in [1.807, 2.05) is 220 Å². The van der Waals surface area contributed by atoms with Gasteiger partial charge in [-0.05, 0) is 98.0 Å². The second-order valence-electron chi connectivity index (χ2n) is 30.0. The second-order valence-corrected chi connectivity index (χ2v) is 30.0. The summed E-state index contributed by atoms with van der Waals surface area (Å²) in [5.41, 5.74) is 7.82. The maximum atomic E-state index is 13.1. The fourth-order valence-corrected chi connectivity index (χ4v) is 13.8. The molecule has 2 amide bonds. The van der Waals surface area contributed by atoms with Gasteiger partial charge >= 0.3 is 18.2 Å². The Morgan fingerprint density at radius 2 is 0.664 bits per heavy atom. The van der Waals surface area contributed by atoms with Crippen LogP contribution < -0.4 is 0 Å². The molecule has 8 unspecified atom stereocenters. The molecule has 2 aliphatic heterocycles. The summed E-state index contributed by atoms with van der Waals surface area (Å²) in [5.74, 6) is -0.751. The SMILES string of the molecule is CC[C@H]1O[C@@H](OCC(OCc2ccccc2)C(OCc2ccccc2)C(COCc2ccc3ccccc3c2)OCc2ccccc2)[C@@H](OC(=O)N(C)C)C1O.CC[C@H]1O[C@@H](OCC(OCc2ccccc2)C(OCc2ccccc2)C(COCc2ccc3ccccc3c2)OCc2ccccc2)[C@@H](OC(=O)N(C)C)C1OC(=O)CCC(C)=O. The van der Waals surface area contributed by atoms with Gasteiger partial charge in [-0.1, -0.05) is 269 Å². The number of hydrogen-bond acceptors (Lipinski definition) is 20. The summed E-state index contributed by atoms with van der Waals surface area (Å²) in [5, 5.41) is 15.7. The molecule has 0 aromatic heterocycles. The Hall–Kier alpha value is -10.1. The van der Waals surface area contributed by atoms with Gasteiger partial charge in [0.2, 0.25) is 0 Å². The molecule has 22 nitrogen and oxygen atoms in total. The van der Waals surface area contributed by atoms with Crippen LogP contribution in [0.3, 0.4) is 0 Å². The van der Waals surface area contributed by atoms with Crippen molar-refractivity contribution in [1.29, 1.82) is 0 Å². The zero-order valence-corrected chi connectivity index (χ0v) is 68.9. The lowest BCUT2D eigenvalue weighted by Crippen LogP contribution is -2.48. The van der Waals surface area contributed by atoms with Crippen molar-refractivity contribution in [3.8, 4) is 0 Å². The fraction of sp³-hybridized carbons (Fsp3) is 0.381. The topological polar surface area (TPSA) is 233 Å². The molecule has 2 fully saturated rings. The van der Waals surface area contributed by atoms with Gasteiger partial charge in [-0.2, -0.15) is 0 Å². The van der Waals surface area contributed by atoms with Gasteiger partial charge in [-0.25, -0.2) is 9.59 Å². The molecule has 0 aliphatic carbocycles. The van der Waals surface area contributed by atoms with E-state index in [0.29, 0.717) is 32.7 Å². The highest BCUT2D eigenvalue weighted by Crippen LogP contribution is 2.34. The standard InChI is InChI=1S/C51H59NO11.C46H53NO9/c1-5-43-48(62-46(54)28-25-36(2)53)49(63-51(55)52(3)4)50(61-43)60-35-45(58-32-38-19-11-7-12-20-38)47(59-33-39-21-13-8-14-22-39)44(57-31-37-17-9-6-10-18-37)34-56-30-40-26-27-41-23-15-16-24-42(41)29-40;1-4-39-42(48)44(56-46(49)47(2)3)45(55-39)54-32-41(52-29-34-18-10-6-11-19-34)43(53-30-35-20-12-7-13-21-35)40(51-28-33-16-8-5-9-17-33)31-50-27-36-24-25-37-22-14-15-23-38(37)26-36/h6-24,26-27,29,43-45,47-50H,5,25,28,30-35H2,1-4H3;5-26,39-45,48H,4,27-32H2,1-3H3/t43-,44?,45?,47?,48?,49+,50-;39-,40?,41?,42?,43?,44+,45-/m11/s1. The number of ether oxygens (including phenoxy) is 15. The molecule has 0 bridgehead atoms. The summed E-state index contributed by atoms with van der Waals surface area (Å²) < 4.78 is 96.5. The molecule has 10 aromatic rings. The molecule has 14 atom stereocenters. The van der Waals surface area contributed by atoms with Crippen molar-refractivity contribution in [2.24, 2.45) is 0 Å². The van der Waals surface area contributed by atoms with E-state index in [2.05, 4.69) is 60.7 Å². The highest BCUT2D eigenvalue weighted by Gasteiger charge is 2.51. The van der Waals surface area contributed by atoms with Crippen molar-refractivity contribution in [1.82, 2.24) is 9.80 Å². The number of ketones is 1. The lowest BCUT2D eigenvalue weighted by molar-refractivity contribution is -0.217. The first-order valence-corrected chi connectivity index (χ1v) is 40.8. The lowest BCUT2D eigenvalue weighted by Gasteiger charge is -2.34. The van der Waals surface area contributed by atoms with Crippen LogP contribution in [0.4, 0.5) is 9.59 Å². The van der Waals surface area contributed by atoms with E-state index in [-0.39, 0.29) is 78.1 Å². The van der Waals surface area contributed by atoms with Crippen molar-refractivity contribution in [2.45, 2.75) is 185 Å². The Kier molecular flexibility index (Phi) is 35.9. The van der Waals surface area contributed by atoms with E-state index in [4.69, 9.17) is 71.1 Å². The number of carbonyl (C=O) groups is 4. The number of benzene rings is 10. The largest absolute Gasteiger partial charge is 0.455 e. The highest BCUT2D eigenvalue weighted by atomic mass is 16.7. The van der Waals surface area contributed by atoms with Gasteiger partial charge in [-0.3, -0.25) is 4.79 Å². The van der Waals surface area contributed by atoms with Crippen LogP contribution >= 0.6 is 0 Å². The number of rotatable bonds is 44. The van der Waals surface area contributed by atoms with Crippen molar-refractivity contribution >= 4 is 45.5 Å². The number of nitrogens with zero attached hydrogens (tertiary/aromatic N) is 2. The third-order valence-electron chi connectivity index (χ3n) is 20.4. The molecular formula is C97H112N2O20. The summed E-state index contributed by atoms with van der Waals surface area (Å²) >= 11 is 0. The Labute approximate surface area is 698 Å². The van der Waals surface area contributed by atoms with Gasteiger partial charge in [0, 0.05) is 34.6 Å². The number of esters is 1. The predicted molar refractivity (Wildman–Crippen MR) is 451 cm³/mol. The summed E-state index contributed by atoms with van der Waals surface area (Å²) in [6, 6.07) is 88.2. The predicted octanol–water partition coefficient (Wildman–Crippen LogP) is 16.3. The van der Waals surface area contributed by atoms with Crippen molar-refractivity contribution in [3.63, 3.8) is 0 Å². The molecule has 2 saturated heterocycles. The number of carbonyl (C=O) groups excluding carboxylic acids is 4. The molecule has 1 N–H and O–H groups in total. The second kappa shape index (κ2) is 47.6. The van der Waals surface area contributed by atoms with Crippen LogP contribution in [0.1, 0.15) is 91.0 Å². The molecule has 0 saturated carbocycles. The van der Waals surface area contributed by atoms with E-state index in [0.717, 1.165) is 66.1 Å². The average molecular weight is 1630 g/mol. The van der Waals surface area contributed by atoms with Gasteiger partial charge in [-0.15, -0.1) is 0 Å². The van der Waals surface area contributed by atoms with Crippen molar-refractivity contribution in [3.05, 3.63) is 311 Å². The van der Waals surface area contributed by atoms with Crippen LogP contribution in [0.5, 0.6) is 0 Å². The van der Waals surface area contributed by atoms with Gasteiger partial charge in [0.15, 0.2) is 30.9 Å². The van der Waals surface area contributed by atoms with Crippen LogP contribution in [0.15, 0.2) is 267 Å². The Morgan fingerprint density at radius 3 is 1.02 bits per heavy atom. The molecule has 630 valence electrons. The maximum Gasteiger partial charge on any atom is 0.409 e. The molecule has 119 heavy (non-hydrogen) atoms. The van der Waals surface area contributed by atoms with Gasteiger partial charge < -0.3 is 90.8 Å². The van der Waals surface area contributed by atoms with Crippen LogP contribution in [0.2, 0.25) is 0 Å². The minimum Gasteiger partial charge on any atom is -0.455 e. The average Bonchev–Trinajstić information content (AvgIpc) is 1.70. The normalized spacial score (nSPS) is 19.2. The number of aliphatic hydroxyl groups excluding tert-OH is 1. The molecule has 2 aliphatic rings. The summed E-state index contributed by atoms with van der Waals surface area (Å²) in [6.45, 7) is 7.59. The highest BCUT2D eigenvalue weighted by molar-refractivity contribution is 5.84. The number of fused-ring (bicyclic) bond motifs is 2. The number of Topliss-reactive ketones (excluding diaryl/α,β-unsaturated/α-hetero) is 1. The van der Waals surface area contributed by atoms with E-state index < -0.39 is 104 Å². The van der Waals surface area contributed by atoms with Crippen LogP contribution in [0.25, 0.3) is 21.5 Å². The van der Waals surface area contributed by atoms with Crippen LogP contribution in [-0.2, 0) is 133 Å². The zero-order valence-electron chi connectivity index (χ0n) is 68.9. The quantitative estimate of drug-likeness (QED) is 0.0276. The molecule has 10 aromatic carbocycles. The Bertz CT molecular complexity index is 4630. The summed E-state index contributed by atoms with van der Waals surface area (Å²) in [4.78, 5) is 53.0. The van der Waals surface area contributed by atoms with Gasteiger partial charge in [0.25, 0.3) is 0 Å². The molecule has 12 rings (SSSR count). The first-order valence-electron chi connectivity index (χ1n) is 40.8. The van der Waals surface area contributed by atoms with E-state index in [1.165, 1.54) is 16.7 Å². The van der Waals surface area contributed by atoms with E-state index in [9.17, 15) is 24.3 Å². The molecule has 0 spiro atoms. The number of hydrogen-bond donors (Lipinski definition) is 1. The molecule has 0 radical (unpaired) electrons. The monoisotopic (exact) mass is 1620 g/mol. The number of amides is 2. The summed E-state index contributed by atoms with van der Waals surface area (Å²) in [7, 11) is 6.27. The lowest BCUT2D eigenvalue weighted by atomic mass is 10.1. The molecular weight excluding hydrogens is 1510 g/mol. The van der Waals surface area contributed by atoms with Crippen LogP contribution in [0, 0.1) is 0 Å². The first kappa shape index (κ1) is 89.7. The third kappa shape index (κ3) is 28.3. The zero-order chi connectivity index (χ0) is 83.5. The van der Waals surface area contributed by atoms with Crippen LogP contribution in [-0.4, -0.2) is 179 Å². The third-order valence-corrected chi connectivity index (χ3v) is 20.4. The smallest absolute Gasteiger partial charge is 0.409 e. The van der Waals surface area contributed by atoms with E-state index >= 15 is 0 Å². The van der Waals surface area contributed by atoms with Gasteiger partial charge in [0.1, 0.15) is 54.6 Å². The maximum absolute atomic E-state index is 13.1. The minimum absolute atomic E-state index is 0.0234.